The van der Waals surface area contributed by atoms with Crippen LogP contribution in [-0.2, 0) is 4.79 Å². The van der Waals surface area contributed by atoms with Gasteiger partial charge in [-0.1, -0.05) is 40.9 Å². The maximum absolute atomic E-state index is 11.3. The average Bonchev–Trinajstić information content (AvgIpc) is 2.99. The van der Waals surface area contributed by atoms with E-state index in [9.17, 15) is 9.90 Å². The molecule has 1 N–H and O–H groups in total. The van der Waals surface area contributed by atoms with Crippen LogP contribution < -0.4 is 4.90 Å². The number of halogens is 1. The largest absolute Gasteiger partial charge is 0.480 e. The Morgan fingerprint density at radius 2 is 2.05 bits per heavy atom. The number of fused-ring (bicyclic) bond motifs is 1. The Labute approximate surface area is 131 Å². The van der Waals surface area contributed by atoms with Gasteiger partial charge in [-0.15, -0.1) is 0 Å². The van der Waals surface area contributed by atoms with Gasteiger partial charge in [0, 0.05) is 27.5 Å². The Kier molecular flexibility index (Phi) is 4.10. The Balaban J connectivity index is 2.10. The molecular weight excluding hydrogens is 332 g/mol. The SMILES string of the molecule is O=C(O)CN(c1nccc2c(Br)cccc12)C1CCCC1. The second-order valence-electron chi connectivity index (χ2n) is 5.43. The molecule has 0 unspecified atom stereocenters. The number of hydrogen-bond donors (Lipinski definition) is 1. The van der Waals surface area contributed by atoms with Crippen molar-refractivity contribution in [1.29, 1.82) is 0 Å². The van der Waals surface area contributed by atoms with Gasteiger partial charge in [0.2, 0.25) is 0 Å². The third-order valence-corrected chi connectivity index (χ3v) is 4.77. The molecule has 1 fully saturated rings. The van der Waals surface area contributed by atoms with Gasteiger partial charge in [-0.25, -0.2) is 4.98 Å². The molecule has 0 atom stereocenters. The quantitative estimate of drug-likeness (QED) is 0.912. The van der Waals surface area contributed by atoms with Crippen molar-refractivity contribution in [2.24, 2.45) is 0 Å². The van der Waals surface area contributed by atoms with Crippen molar-refractivity contribution in [3.8, 4) is 0 Å². The van der Waals surface area contributed by atoms with Gasteiger partial charge in [0.25, 0.3) is 0 Å². The van der Waals surface area contributed by atoms with E-state index in [0.29, 0.717) is 0 Å². The molecule has 0 aliphatic heterocycles. The summed E-state index contributed by atoms with van der Waals surface area (Å²) in [5.74, 6) is -0.0289. The summed E-state index contributed by atoms with van der Waals surface area (Å²) in [6, 6.07) is 8.19. The van der Waals surface area contributed by atoms with Crippen LogP contribution in [0.25, 0.3) is 10.8 Å². The third-order valence-electron chi connectivity index (χ3n) is 4.07. The first-order valence-corrected chi connectivity index (χ1v) is 7.98. The van der Waals surface area contributed by atoms with E-state index < -0.39 is 5.97 Å². The van der Waals surface area contributed by atoms with Crippen LogP contribution in [0, 0.1) is 0 Å². The number of aromatic nitrogens is 1. The molecular formula is C16H17BrN2O2. The Morgan fingerprint density at radius 3 is 2.76 bits per heavy atom. The highest BCUT2D eigenvalue weighted by Crippen LogP contribution is 2.33. The van der Waals surface area contributed by atoms with E-state index in [4.69, 9.17) is 0 Å². The maximum atomic E-state index is 11.3. The normalized spacial score (nSPS) is 15.5. The lowest BCUT2D eigenvalue weighted by molar-refractivity contribution is -0.135. The first-order chi connectivity index (χ1) is 10.2. The molecule has 5 heteroatoms. The van der Waals surface area contributed by atoms with Crippen molar-refractivity contribution < 1.29 is 9.90 Å². The summed E-state index contributed by atoms with van der Waals surface area (Å²) >= 11 is 3.55. The number of benzene rings is 1. The van der Waals surface area contributed by atoms with Crippen molar-refractivity contribution in [2.75, 3.05) is 11.4 Å². The van der Waals surface area contributed by atoms with E-state index in [0.717, 1.165) is 46.7 Å². The molecule has 0 saturated heterocycles. The van der Waals surface area contributed by atoms with Gasteiger partial charge >= 0.3 is 5.97 Å². The molecule has 1 aromatic carbocycles. The molecule has 21 heavy (non-hydrogen) atoms. The van der Waals surface area contributed by atoms with Gasteiger partial charge in [0.1, 0.15) is 12.4 Å². The lowest BCUT2D eigenvalue weighted by Gasteiger charge is -2.29. The number of aliphatic carboxylic acids is 1. The zero-order valence-electron chi connectivity index (χ0n) is 11.6. The lowest BCUT2D eigenvalue weighted by atomic mass is 10.1. The fourth-order valence-electron chi connectivity index (χ4n) is 3.12. The highest BCUT2D eigenvalue weighted by molar-refractivity contribution is 9.10. The minimum absolute atomic E-state index is 0.00327. The van der Waals surface area contributed by atoms with Crippen LogP contribution >= 0.6 is 15.9 Å². The number of anilines is 1. The molecule has 1 aromatic heterocycles. The van der Waals surface area contributed by atoms with Crippen LogP contribution in [0.15, 0.2) is 34.9 Å². The molecule has 110 valence electrons. The summed E-state index contributed by atoms with van der Waals surface area (Å²) in [6.45, 7) is 0.00327. The maximum Gasteiger partial charge on any atom is 0.323 e. The van der Waals surface area contributed by atoms with Crippen LogP contribution in [0.1, 0.15) is 25.7 Å². The Bertz CT molecular complexity index is 668. The van der Waals surface area contributed by atoms with E-state index in [1.165, 1.54) is 0 Å². The van der Waals surface area contributed by atoms with E-state index >= 15 is 0 Å². The minimum Gasteiger partial charge on any atom is -0.480 e. The fraction of sp³-hybridized carbons (Fsp3) is 0.375. The van der Waals surface area contributed by atoms with Crippen LogP contribution in [0.4, 0.5) is 5.82 Å². The second-order valence-corrected chi connectivity index (χ2v) is 6.28. The lowest BCUT2D eigenvalue weighted by Crippen LogP contribution is -2.38. The molecule has 1 saturated carbocycles. The van der Waals surface area contributed by atoms with Gasteiger partial charge in [0.05, 0.1) is 0 Å². The minimum atomic E-state index is -0.810. The average molecular weight is 349 g/mol. The van der Waals surface area contributed by atoms with E-state index in [2.05, 4.69) is 20.9 Å². The predicted octanol–water partition coefficient (Wildman–Crippen LogP) is 3.83. The smallest absolute Gasteiger partial charge is 0.323 e. The van der Waals surface area contributed by atoms with Crippen LogP contribution in [0.5, 0.6) is 0 Å². The molecule has 1 aliphatic carbocycles. The Morgan fingerprint density at radius 1 is 1.29 bits per heavy atom. The molecule has 1 heterocycles. The van der Waals surface area contributed by atoms with Crippen molar-refractivity contribution >= 4 is 38.5 Å². The van der Waals surface area contributed by atoms with E-state index in [-0.39, 0.29) is 12.6 Å². The highest BCUT2D eigenvalue weighted by Gasteiger charge is 2.26. The van der Waals surface area contributed by atoms with Gasteiger partial charge in [-0.2, -0.15) is 0 Å². The number of carbonyl (C=O) groups is 1. The monoisotopic (exact) mass is 348 g/mol. The number of pyridine rings is 1. The summed E-state index contributed by atoms with van der Waals surface area (Å²) in [5.41, 5.74) is 0. The third kappa shape index (κ3) is 2.88. The summed E-state index contributed by atoms with van der Waals surface area (Å²) in [4.78, 5) is 17.7. The van der Waals surface area contributed by atoms with Gasteiger partial charge in [-0.3, -0.25) is 4.79 Å². The second kappa shape index (κ2) is 6.02. The van der Waals surface area contributed by atoms with E-state index in [1.54, 1.807) is 6.20 Å². The van der Waals surface area contributed by atoms with Crippen LogP contribution in [-0.4, -0.2) is 28.6 Å². The number of nitrogens with zero attached hydrogens (tertiary/aromatic N) is 2. The summed E-state index contributed by atoms with van der Waals surface area (Å²) in [5, 5.41) is 11.3. The fourth-order valence-corrected chi connectivity index (χ4v) is 3.62. The highest BCUT2D eigenvalue weighted by atomic mass is 79.9. The number of hydrogen-bond acceptors (Lipinski definition) is 3. The summed E-state index contributed by atoms with van der Waals surface area (Å²) in [6.07, 6.45) is 6.16. The molecule has 0 spiro atoms. The van der Waals surface area contributed by atoms with Crippen LogP contribution in [0.2, 0.25) is 0 Å². The van der Waals surface area contributed by atoms with Crippen molar-refractivity contribution in [3.63, 3.8) is 0 Å². The van der Waals surface area contributed by atoms with Gasteiger partial charge in [0.15, 0.2) is 0 Å². The van der Waals surface area contributed by atoms with Crippen molar-refractivity contribution in [1.82, 2.24) is 4.98 Å². The topological polar surface area (TPSA) is 53.4 Å². The van der Waals surface area contributed by atoms with Crippen molar-refractivity contribution in [3.05, 3.63) is 34.9 Å². The summed E-state index contributed by atoms with van der Waals surface area (Å²) in [7, 11) is 0. The Hall–Kier alpha value is -1.62. The molecule has 0 bridgehead atoms. The molecule has 0 radical (unpaired) electrons. The molecule has 0 amide bonds. The molecule has 3 rings (SSSR count). The van der Waals surface area contributed by atoms with Crippen molar-refractivity contribution in [2.45, 2.75) is 31.7 Å². The standard InChI is InChI=1S/C16H17BrN2O2/c17-14-7-3-6-13-12(14)8-9-18-16(13)19(10-15(20)21)11-4-1-2-5-11/h3,6-9,11H,1-2,4-5,10H2,(H,20,21). The number of rotatable bonds is 4. The zero-order chi connectivity index (χ0) is 14.8. The molecule has 2 aromatic rings. The van der Waals surface area contributed by atoms with Gasteiger partial charge in [-0.05, 0) is 25.0 Å². The first-order valence-electron chi connectivity index (χ1n) is 7.18. The number of carboxylic acid groups (broad SMARTS) is 1. The van der Waals surface area contributed by atoms with Crippen LogP contribution in [0.3, 0.4) is 0 Å². The van der Waals surface area contributed by atoms with E-state index in [1.807, 2.05) is 29.2 Å². The molecule has 4 nitrogen and oxygen atoms in total. The first kappa shape index (κ1) is 14.3. The zero-order valence-corrected chi connectivity index (χ0v) is 13.2. The predicted molar refractivity (Wildman–Crippen MR) is 86.7 cm³/mol. The summed E-state index contributed by atoms with van der Waals surface area (Å²) < 4.78 is 1.00. The van der Waals surface area contributed by atoms with Gasteiger partial charge < -0.3 is 10.0 Å². The molecule has 1 aliphatic rings. The number of carboxylic acids is 1.